The van der Waals surface area contributed by atoms with Crippen molar-refractivity contribution in [2.75, 3.05) is 0 Å². The lowest BCUT2D eigenvalue weighted by molar-refractivity contribution is -0.130. The van der Waals surface area contributed by atoms with Crippen molar-refractivity contribution in [1.82, 2.24) is 10.3 Å². The quantitative estimate of drug-likeness (QED) is 0.738. The maximum Gasteiger partial charge on any atom is 0.351 e. The lowest BCUT2D eigenvalue weighted by atomic mass is 10.1. The van der Waals surface area contributed by atoms with Crippen molar-refractivity contribution in [2.24, 2.45) is 11.7 Å². The third-order valence-corrected chi connectivity index (χ3v) is 5.12. The third-order valence-electron chi connectivity index (χ3n) is 3.94. The largest absolute Gasteiger partial charge is 0.448 e. The van der Waals surface area contributed by atoms with Crippen LogP contribution in [-0.2, 0) is 16.0 Å². The Morgan fingerprint density at radius 3 is 2.37 bits per heavy atom. The van der Waals surface area contributed by atoms with Crippen LogP contribution < -0.4 is 11.1 Å². The maximum absolute atomic E-state index is 12.6. The molecule has 0 fully saturated rings. The summed E-state index contributed by atoms with van der Waals surface area (Å²) in [6, 6.07) is 6.97. The van der Waals surface area contributed by atoms with E-state index in [1.54, 1.807) is 20.8 Å². The topological polar surface area (TPSA) is 111 Å². The molecule has 0 aliphatic carbocycles. The Morgan fingerprint density at radius 1 is 1.22 bits per heavy atom. The fourth-order valence-electron chi connectivity index (χ4n) is 2.45. The van der Waals surface area contributed by atoms with Crippen LogP contribution in [0.25, 0.3) is 10.6 Å². The first-order valence-corrected chi connectivity index (χ1v) is 9.42. The number of carbonyl (C=O) groups excluding carboxylic acids is 3. The zero-order valence-electron chi connectivity index (χ0n) is 15.7. The van der Waals surface area contributed by atoms with Gasteiger partial charge in [-0.15, -0.1) is 11.3 Å². The van der Waals surface area contributed by atoms with Crippen LogP contribution in [-0.4, -0.2) is 29.0 Å². The lowest BCUT2D eigenvalue weighted by Crippen LogP contribution is -2.45. The van der Waals surface area contributed by atoms with Crippen LogP contribution in [0.2, 0.25) is 0 Å². The number of imide groups is 1. The number of urea groups is 1. The number of aromatic nitrogens is 1. The number of rotatable bonds is 6. The first kappa shape index (κ1) is 20.6. The number of carbonyl (C=O) groups is 3. The lowest BCUT2D eigenvalue weighted by Gasteiger charge is -2.19. The molecule has 1 unspecified atom stereocenters. The predicted molar refractivity (Wildman–Crippen MR) is 103 cm³/mol. The van der Waals surface area contributed by atoms with Gasteiger partial charge in [-0.05, 0) is 24.8 Å². The summed E-state index contributed by atoms with van der Waals surface area (Å²) < 4.78 is 5.34. The van der Waals surface area contributed by atoms with E-state index in [1.165, 1.54) is 16.9 Å². The molecule has 1 aromatic heterocycles. The molecule has 3 amide bonds. The van der Waals surface area contributed by atoms with Crippen molar-refractivity contribution in [3.63, 3.8) is 0 Å². The van der Waals surface area contributed by atoms with Crippen LogP contribution in [0.1, 0.15) is 41.7 Å². The number of nitrogens with two attached hydrogens (primary N) is 1. The molecule has 0 bridgehead atoms. The van der Waals surface area contributed by atoms with E-state index in [0.717, 1.165) is 12.0 Å². The highest BCUT2D eigenvalue weighted by Crippen LogP contribution is 2.29. The monoisotopic (exact) mass is 389 g/mol. The van der Waals surface area contributed by atoms with Crippen LogP contribution >= 0.6 is 11.3 Å². The Hall–Kier alpha value is -2.74. The van der Waals surface area contributed by atoms with E-state index in [-0.39, 0.29) is 5.92 Å². The zero-order valence-corrected chi connectivity index (χ0v) is 16.6. The summed E-state index contributed by atoms with van der Waals surface area (Å²) in [5, 5.41) is 2.65. The number of esters is 1. The van der Waals surface area contributed by atoms with Gasteiger partial charge in [-0.1, -0.05) is 45.0 Å². The number of primary amides is 1. The Balaban J connectivity index is 2.21. The summed E-state index contributed by atoms with van der Waals surface area (Å²) in [4.78, 5) is 40.3. The Morgan fingerprint density at radius 2 is 1.85 bits per heavy atom. The van der Waals surface area contributed by atoms with Gasteiger partial charge in [0.15, 0.2) is 6.10 Å². The highest BCUT2D eigenvalue weighted by atomic mass is 32.1. The molecule has 0 spiro atoms. The van der Waals surface area contributed by atoms with Crippen molar-refractivity contribution in [1.29, 1.82) is 0 Å². The van der Waals surface area contributed by atoms with E-state index in [1.807, 2.05) is 29.6 Å². The zero-order chi connectivity index (χ0) is 20.1. The third kappa shape index (κ3) is 5.13. The molecular weight excluding hydrogens is 366 g/mol. The molecule has 2 aromatic rings. The Bertz CT molecular complexity index is 843. The number of hydrogen-bond donors (Lipinski definition) is 2. The van der Waals surface area contributed by atoms with E-state index in [0.29, 0.717) is 15.6 Å². The van der Waals surface area contributed by atoms with E-state index in [4.69, 9.17) is 10.5 Å². The first-order valence-electron chi connectivity index (χ1n) is 8.61. The van der Waals surface area contributed by atoms with Crippen LogP contribution in [0, 0.1) is 12.8 Å². The van der Waals surface area contributed by atoms with Gasteiger partial charge in [-0.2, -0.15) is 0 Å². The highest BCUT2D eigenvalue weighted by molar-refractivity contribution is 7.17. The predicted octanol–water partition coefficient (Wildman–Crippen LogP) is 3.06. The number of benzene rings is 1. The molecule has 2 rings (SSSR count). The normalized spacial score (nSPS) is 11.9. The van der Waals surface area contributed by atoms with Crippen LogP contribution in [0.5, 0.6) is 0 Å². The Labute approximate surface area is 161 Å². The SMILES string of the molecule is CCc1ccc(-c2nc(C)c(C(=O)OC(C(=O)NC(N)=O)C(C)C)s2)cc1. The van der Waals surface area contributed by atoms with Crippen molar-refractivity contribution in [3.8, 4) is 10.6 Å². The Kier molecular flexibility index (Phi) is 6.68. The number of ether oxygens (including phenoxy) is 1. The van der Waals surface area contributed by atoms with Crippen molar-refractivity contribution < 1.29 is 19.1 Å². The summed E-state index contributed by atoms with van der Waals surface area (Å²) >= 11 is 1.20. The number of aryl methyl sites for hydroxylation is 2. The second-order valence-electron chi connectivity index (χ2n) is 6.41. The molecule has 0 radical (unpaired) electrons. The van der Waals surface area contributed by atoms with E-state index in [2.05, 4.69) is 11.9 Å². The van der Waals surface area contributed by atoms with Gasteiger partial charge >= 0.3 is 12.0 Å². The fraction of sp³-hybridized carbons (Fsp3) is 0.368. The van der Waals surface area contributed by atoms with Crippen LogP contribution in [0.15, 0.2) is 24.3 Å². The molecule has 27 heavy (non-hydrogen) atoms. The standard InChI is InChI=1S/C19H23N3O4S/c1-5-12-6-8-13(9-7-12)17-21-11(4)15(27-17)18(24)26-14(10(2)3)16(23)22-19(20)25/h6-10,14H,5H2,1-4H3,(H3,20,22,23,25). The average molecular weight is 389 g/mol. The number of thiazole rings is 1. The molecule has 0 aliphatic heterocycles. The molecule has 0 saturated heterocycles. The minimum atomic E-state index is -1.13. The van der Waals surface area contributed by atoms with Gasteiger partial charge < -0.3 is 10.5 Å². The number of amides is 3. The second kappa shape index (κ2) is 8.77. The molecule has 1 heterocycles. The second-order valence-corrected chi connectivity index (χ2v) is 7.41. The molecule has 7 nitrogen and oxygen atoms in total. The van der Waals surface area contributed by atoms with E-state index >= 15 is 0 Å². The first-order chi connectivity index (χ1) is 12.7. The average Bonchev–Trinajstić information content (AvgIpc) is 3.00. The van der Waals surface area contributed by atoms with Crippen LogP contribution in [0.4, 0.5) is 4.79 Å². The molecule has 144 valence electrons. The summed E-state index contributed by atoms with van der Waals surface area (Å²) in [6.45, 7) is 7.21. The van der Waals surface area contributed by atoms with E-state index < -0.39 is 24.0 Å². The number of nitrogens with one attached hydrogen (secondary N) is 1. The highest BCUT2D eigenvalue weighted by Gasteiger charge is 2.29. The van der Waals surface area contributed by atoms with Gasteiger partial charge in [0.1, 0.15) is 9.88 Å². The molecule has 1 aromatic carbocycles. The summed E-state index contributed by atoms with van der Waals surface area (Å²) in [5.41, 5.74) is 7.62. The van der Waals surface area contributed by atoms with Gasteiger partial charge in [-0.3, -0.25) is 10.1 Å². The molecule has 3 N–H and O–H groups in total. The summed E-state index contributed by atoms with van der Waals surface area (Å²) in [5.74, 6) is -1.73. The van der Waals surface area contributed by atoms with Gasteiger partial charge in [0.2, 0.25) is 0 Å². The number of nitrogens with zero attached hydrogens (tertiary/aromatic N) is 1. The number of hydrogen-bond acceptors (Lipinski definition) is 6. The van der Waals surface area contributed by atoms with Crippen LogP contribution in [0.3, 0.4) is 0 Å². The molecule has 0 saturated carbocycles. The fourth-order valence-corrected chi connectivity index (χ4v) is 3.40. The van der Waals surface area contributed by atoms with Crippen molar-refractivity contribution in [2.45, 2.75) is 40.2 Å². The molecule has 1 atom stereocenters. The summed E-state index contributed by atoms with van der Waals surface area (Å²) in [6.07, 6.45) is -0.183. The minimum Gasteiger partial charge on any atom is -0.448 e. The van der Waals surface area contributed by atoms with Gasteiger partial charge in [0.25, 0.3) is 5.91 Å². The minimum absolute atomic E-state index is 0.321. The van der Waals surface area contributed by atoms with Gasteiger partial charge in [0, 0.05) is 5.56 Å². The van der Waals surface area contributed by atoms with Gasteiger partial charge in [-0.25, -0.2) is 14.6 Å². The molecular formula is C19H23N3O4S. The van der Waals surface area contributed by atoms with Crippen molar-refractivity contribution >= 4 is 29.2 Å². The molecule has 0 aliphatic rings. The summed E-state index contributed by atoms with van der Waals surface area (Å²) in [7, 11) is 0. The molecule has 8 heteroatoms. The van der Waals surface area contributed by atoms with Gasteiger partial charge in [0.05, 0.1) is 5.69 Å². The smallest absolute Gasteiger partial charge is 0.351 e. The maximum atomic E-state index is 12.6. The van der Waals surface area contributed by atoms with Crippen molar-refractivity contribution in [3.05, 3.63) is 40.4 Å². The van der Waals surface area contributed by atoms with E-state index in [9.17, 15) is 14.4 Å².